The van der Waals surface area contributed by atoms with Crippen LogP contribution in [0.5, 0.6) is 0 Å². The van der Waals surface area contributed by atoms with Gasteiger partial charge in [-0.2, -0.15) is 5.26 Å². The van der Waals surface area contributed by atoms with Crippen LogP contribution in [0.4, 0.5) is 0 Å². The van der Waals surface area contributed by atoms with Crippen molar-refractivity contribution in [1.82, 2.24) is 14.1 Å². The van der Waals surface area contributed by atoms with Crippen molar-refractivity contribution in [3.05, 3.63) is 137 Å². The molecule has 8 aromatic rings. The van der Waals surface area contributed by atoms with E-state index in [4.69, 9.17) is 4.98 Å². The van der Waals surface area contributed by atoms with Gasteiger partial charge < -0.3 is 4.57 Å². The first-order valence-electron chi connectivity index (χ1n) is 16.9. The van der Waals surface area contributed by atoms with Gasteiger partial charge in [-0.05, 0) is 98.0 Å². The van der Waals surface area contributed by atoms with Gasteiger partial charge in [0.1, 0.15) is 5.82 Å². The molecular formula is C44H42N4. The van der Waals surface area contributed by atoms with E-state index >= 15 is 0 Å². The molecule has 8 rings (SSSR count). The third-order valence-corrected chi connectivity index (χ3v) is 8.82. The monoisotopic (exact) mass is 626 g/mol. The first kappa shape index (κ1) is 32.3. The molecular weight excluding hydrogens is 585 g/mol. The lowest BCUT2D eigenvalue weighted by Crippen LogP contribution is -2.03. The molecule has 0 N–H and O–H groups in total. The van der Waals surface area contributed by atoms with Crippen LogP contribution in [0.1, 0.15) is 55.5 Å². The first-order chi connectivity index (χ1) is 23.4. The van der Waals surface area contributed by atoms with Gasteiger partial charge in [0.2, 0.25) is 0 Å². The van der Waals surface area contributed by atoms with Gasteiger partial charge >= 0.3 is 0 Å². The van der Waals surface area contributed by atoms with E-state index in [-0.39, 0.29) is 0 Å². The van der Waals surface area contributed by atoms with Crippen LogP contribution < -0.4 is 0 Å². The minimum Gasteiger partial charge on any atom is -0.307 e. The molecule has 0 aliphatic carbocycles. The molecule has 0 amide bonds. The number of aryl methyl sites for hydroxylation is 4. The van der Waals surface area contributed by atoms with E-state index in [2.05, 4.69) is 122 Å². The van der Waals surface area contributed by atoms with Crippen molar-refractivity contribution in [2.45, 2.75) is 55.4 Å². The van der Waals surface area contributed by atoms with Crippen molar-refractivity contribution in [3.8, 4) is 28.7 Å². The maximum Gasteiger partial charge on any atom is 0.138 e. The van der Waals surface area contributed by atoms with Crippen LogP contribution in [-0.2, 0) is 0 Å². The lowest BCUT2D eigenvalue weighted by Gasteiger charge is -2.17. The number of aromatic nitrogens is 3. The Balaban J connectivity index is 0.000000969. The van der Waals surface area contributed by atoms with Crippen LogP contribution in [-0.4, -0.2) is 14.1 Å². The van der Waals surface area contributed by atoms with Crippen LogP contribution >= 0.6 is 0 Å². The summed E-state index contributed by atoms with van der Waals surface area (Å²) >= 11 is 0. The number of rotatable bonds is 3. The summed E-state index contributed by atoms with van der Waals surface area (Å²) < 4.78 is 4.65. The smallest absolute Gasteiger partial charge is 0.138 e. The van der Waals surface area contributed by atoms with E-state index in [0.29, 0.717) is 5.56 Å². The summed E-state index contributed by atoms with van der Waals surface area (Å²) in [5.74, 6) is 0.859. The molecule has 0 unspecified atom stereocenters. The Kier molecular flexibility index (Phi) is 8.89. The zero-order valence-electron chi connectivity index (χ0n) is 29.2. The largest absolute Gasteiger partial charge is 0.307 e. The number of hydrogen-bond acceptors (Lipinski definition) is 2. The number of pyridine rings is 1. The van der Waals surface area contributed by atoms with E-state index in [0.717, 1.165) is 44.7 Å². The Morgan fingerprint density at radius 2 is 0.896 bits per heavy atom. The van der Waals surface area contributed by atoms with Crippen LogP contribution in [0, 0.1) is 39.0 Å². The van der Waals surface area contributed by atoms with Crippen molar-refractivity contribution in [2.24, 2.45) is 0 Å². The molecule has 0 fully saturated rings. The van der Waals surface area contributed by atoms with Gasteiger partial charge in [0, 0.05) is 27.1 Å². The van der Waals surface area contributed by atoms with Crippen LogP contribution in [0.3, 0.4) is 0 Å². The highest BCUT2D eigenvalue weighted by Crippen LogP contribution is 2.39. The van der Waals surface area contributed by atoms with Gasteiger partial charge in [0.05, 0.1) is 45.6 Å². The summed E-state index contributed by atoms with van der Waals surface area (Å²) in [6.45, 7) is 16.6. The molecule has 0 saturated carbocycles. The Hall–Kier alpha value is -5.66. The van der Waals surface area contributed by atoms with E-state index in [1.807, 2.05) is 58.2 Å². The van der Waals surface area contributed by atoms with Gasteiger partial charge in [-0.15, -0.1) is 0 Å². The van der Waals surface area contributed by atoms with Crippen molar-refractivity contribution >= 4 is 43.6 Å². The summed E-state index contributed by atoms with van der Waals surface area (Å²) in [6, 6.07) is 39.0. The molecule has 238 valence electrons. The summed E-state index contributed by atoms with van der Waals surface area (Å²) in [4.78, 5) is 5.20. The van der Waals surface area contributed by atoms with Crippen LogP contribution in [0.2, 0.25) is 0 Å². The van der Waals surface area contributed by atoms with Gasteiger partial charge in [0.15, 0.2) is 0 Å². The number of hydrogen-bond donors (Lipinski definition) is 0. The average molecular weight is 627 g/mol. The second kappa shape index (κ2) is 13.2. The molecule has 0 atom stereocenters. The minimum absolute atomic E-state index is 0.640. The molecule has 3 heterocycles. The molecule has 0 bridgehead atoms. The maximum atomic E-state index is 9.54. The molecule has 0 aliphatic heterocycles. The zero-order chi connectivity index (χ0) is 34.1. The highest BCUT2D eigenvalue weighted by molar-refractivity contribution is 6.11. The number of fused-ring (bicyclic) bond motifs is 6. The fourth-order valence-corrected chi connectivity index (χ4v) is 6.68. The molecule has 48 heavy (non-hydrogen) atoms. The number of nitrogens with zero attached hydrogens (tertiary/aromatic N) is 4. The third kappa shape index (κ3) is 5.42. The fourth-order valence-electron chi connectivity index (χ4n) is 6.68. The van der Waals surface area contributed by atoms with E-state index in [1.54, 1.807) is 0 Å². The first-order valence-corrected chi connectivity index (χ1v) is 16.9. The summed E-state index contributed by atoms with van der Waals surface area (Å²) in [5, 5.41) is 14.4. The minimum atomic E-state index is 0.640. The highest BCUT2D eigenvalue weighted by atomic mass is 15.1. The molecule has 4 heteroatoms. The molecule has 5 aromatic carbocycles. The number of nitriles is 1. The average Bonchev–Trinajstić information content (AvgIpc) is 3.60. The Morgan fingerprint density at radius 3 is 1.29 bits per heavy atom. The zero-order valence-corrected chi connectivity index (χ0v) is 29.2. The molecule has 4 nitrogen and oxygen atoms in total. The van der Waals surface area contributed by atoms with Gasteiger partial charge in [-0.25, -0.2) is 4.98 Å². The highest BCUT2D eigenvalue weighted by Gasteiger charge is 2.20. The molecule has 0 spiro atoms. The quantitative estimate of drug-likeness (QED) is 0.196. The molecule has 3 aromatic heterocycles. The maximum absolute atomic E-state index is 9.54. The van der Waals surface area contributed by atoms with Crippen molar-refractivity contribution in [3.63, 3.8) is 0 Å². The third-order valence-electron chi connectivity index (χ3n) is 8.82. The van der Waals surface area contributed by atoms with Gasteiger partial charge in [0.25, 0.3) is 0 Å². The van der Waals surface area contributed by atoms with Crippen molar-refractivity contribution < 1.29 is 0 Å². The van der Waals surface area contributed by atoms with Crippen LogP contribution in [0.15, 0.2) is 109 Å². The van der Waals surface area contributed by atoms with Crippen LogP contribution in [0.25, 0.3) is 66.2 Å². The van der Waals surface area contributed by atoms with Crippen molar-refractivity contribution in [2.75, 3.05) is 0 Å². The van der Waals surface area contributed by atoms with E-state index < -0.39 is 0 Å². The predicted octanol–water partition coefficient (Wildman–Crippen LogP) is 12.1. The van der Waals surface area contributed by atoms with E-state index in [1.165, 1.54) is 43.8 Å². The van der Waals surface area contributed by atoms with Gasteiger partial charge in [-0.1, -0.05) is 88.4 Å². The standard InChI is InChI=1S/C40H30N4.2C2H6/c1-24-5-13-30-31-14-6-25(2)18-36(31)43(35(30)17-24)39-23-42-40(21-34(39)29-11-9-28(22-41)10-12-29)44-37-19-26(3)7-15-32(37)33-16-8-27(4)20-38(33)44;2*1-2/h5-21,23H,1-4H3;2*1-2H3. The Bertz CT molecular complexity index is 2370. The van der Waals surface area contributed by atoms with Gasteiger partial charge in [-0.3, -0.25) is 4.57 Å². The molecule has 0 aliphatic rings. The molecule has 0 saturated heterocycles. The summed E-state index contributed by atoms with van der Waals surface area (Å²) in [5.41, 5.74) is 13.1. The van der Waals surface area contributed by atoms with Crippen molar-refractivity contribution in [1.29, 1.82) is 5.26 Å². The number of benzene rings is 5. The summed E-state index contributed by atoms with van der Waals surface area (Å²) in [6.07, 6.45) is 2.02. The normalized spacial score (nSPS) is 10.9. The lowest BCUT2D eigenvalue weighted by molar-refractivity contribution is 1.05. The lowest BCUT2D eigenvalue weighted by atomic mass is 10.0. The Morgan fingerprint density at radius 1 is 0.500 bits per heavy atom. The predicted molar refractivity (Wildman–Crippen MR) is 205 cm³/mol. The summed E-state index contributed by atoms with van der Waals surface area (Å²) in [7, 11) is 0. The van der Waals surface area contributed by atoms with E-state index in [9.17, 15) is 5.26 Å². The Labute approximate surface area is 283 Å². The topological polar surface area (TPSA) is 46.5 Å². The second-order valence-corrected chi connectivity index (χ2v) is 12.0. The fraction of sp³-hybridized carbons (Fsp3) is 0.182. The second-order valence-electron chi connectivity index (χ2n) is 12.0. The SMILES string of the molecule is CC.CC.Cc1ccc2c3ccc(C)cc3n(-c3cc(-c4ccc(C#N)cc4)c(-n4c5cc(C)ccc5c5ccc(C)cc54)cn3)c2c1. The molecule has 0 radical (unpaired) electrons.